The van der Waals surface area contributed by atoms with E-state index in [0.29, 0.717) is 5.82 Å². The molecule has 0 radical (unpaired) electrons. The molecule has 11 rings (SSSR count). The molecule has 9 aromatic rings. The van der Waals surface area contributed by atoms with Crippen molar-refractivity contribution in [2.24, 2.45) is 0 Å². The maximum atomic E-state index is 5.32. The molecule has 0 atom stereocenters. The van der Waals surface area contributed by atoms with Crippen LogP contribution in [0, 0.1) is 0 Å². The summed E-state index contributed by atoms with van der Waals surface area (Å²) in [5, 5.41) is 0. The lowest BCUT2D eigenvalue weighted by Gasteiger charge is -2.35. The van der Waals surface area contributed by atoms with Gasteiger partial charge in [-0.3, -0.25) is 9.97 Å². The van der Waals surface area contributed by atoms with Crippen molar-refractivity contribution in [3.8, 4) is 78.4 Å². The van der Waals surface area contributed by atoms with Gasteiger partial charge in [0.1, 0.15) is 0 Å². The lowest BCUT2D eigenvalue weighted by molar-refractivity contribution is 0.775. The van der Waals surface area contributed by atoms with E-state index in [1.807, 2.05) is 36.8 Å². The van der Waals surface area contributed by atoms with Crippen molar-refractivity contribution >= 4 is 0 Å². The molecule has 0 saturated heterocycles. The van der Waals surface area contributed by atoms with E-state index < -0.39 is 5.41 Å². The quantitative estimate of drug-likeness (QED) is 0.183. The predicted molar refractivity (Wildman–Crippen MR) is 221 cm³/mol. The van der Waals surface area contributed by atoms with Crippen LogP contribution in [0.3, 0.4) is 0 Å². The van der Waals surface area contributed by atoms with Crippen LogP contribution in [0.5, 0.6) is 0 Å². The molecule has 0 saturated carbocycles. The SMILES string of the molecule is c1cncc(-c2cc(-c3ccc4c(c3)C3(c5ccccc5-c5ccccc5-4)c4ccccc4-c4ccccc43)nc(-c3ccc(-c4ccncc4)cc3)n2)c1. The number of hydrogen-bond donors (Lipinski definition) is 0. The van der Waals surface area contributed by atoms with E-state index in [2.05, 4.69) is 162 Å². The first-order chi connectivity index (χ1) is 27.3. The number of benzene rings is 6. The highest BCUT2D eigenvalue weighted by Crippen LogP contribution is 2.61. The van der Waals surface area contributed by atoms with Crippen molar-refractivity contribution in [1.82, 2.24) is 19.9 Å². The van der Waals surface area contributed by atoms with Crippen LogP contribution in [0.25, 0.3) is 78.4 Å². The third-order valence-corrected chi connectivity index (χ3v) is 11.4. The molecule has 0 N–H and O–H groups in total. The van der Waals surface area contributed by atoms with Gasteiger partial charge in [-0.1, -0.05) is 133 Å². The molecule has 0 amide bonds. The Morgan fingerprint density at radius 1 is 0.309 bits per heavy atom. The Bertz CT molecular complexity index is 2870. The number of aromatic nitrogens is 4. The largest absolute Gasteiger partial charge is 0.265 e. The fourth-order valence-electron chi connectivity index (χ4n) is 8.95. The molecule has 3 aromatic heterocycles. The molecule has 4 heteroatoms. The topological polar surface area (TPSA) is 51.6 Å². The Morgan fingerprint density at radius 3 is 1.40 bits per heavy atom. The van der Waals surface area contributed by atoms with Gasteiger partial charge in [0.05, 0.1) is 16.8 Å². The van der Waals surface area contributed by atoms with Gasteiger partial charge in [-0.15, -0.1) is 0 Å². The minimum absolute atomic E-state index is 0.570. The van der Waals surface area contributed by atoms with Crippen molar-refractivity contribution < 1.29 is 0 Å². The van der Waals surface area contributed by atoms with Gasteiger partial charge in [-0.25, -0.2) is 9.97 Å². The fraction of sp³-hybridized carbons (Fsp3) is 0.0196. The fourth-order valence-corrected chi connectivity index (χ4v) is 8.95. The lowest BCUT2D eigenvalue weighted by atomic mass is 9.65. The third-order valence-electron chi connectivity index (χ3n) is 11.4. The zero-order valence-corrected chi connectivity index (χ0v) is 29.8. The summed E-state index contributed by atoms with van der Waals surface area (Å²) in [4.78, 5) is 19.1. The van der Waals surface area contributed by atoms with E-state index >= 15 is 0 Å². The third kappa shape index (κ3) is 4.78. The second-order valence-corrected chi connectivity index (χ2v) is 14.2. The van der Waals surface area contributed by atoms with E-state index in [1.165, 1.54) is 55.6 Å². The zero-order chi connectivity index (χ0) is 36.3. The van der Waals surface area contributed by atoms with Gasteiger partial charge in [0.15, 0.2) is 5.82 Å². The van der Waals surface area contributed by atoms with Gasteiger partial charge in [0, 0.05) is 41.5 Å². The average Bonchev–Trinajstić information content (AvgIpc) is 3.52. The Morgan fingerprint density at radius 2 is 0.800 bits per heavy atom. The van der Waals surface area contributed by atoms with Crippen LogP contribution in [0.15, 0.2) is 195 Å². The first kappa shape index (κ1) is 31.2. The van der Waals surface area contributed by atoms with Crippen molar-refractivity contribution in [2.75, 3.05) is 0 Å². The van der Waals surface area contributed by atoms with Crippen molar-refractivity contribution in [2.45, 2.75) is 5.41 Å². The van der Waals surface area contributed by atoms with E-state index in [-0.39, 0.29) is 0 Å². The zero-order valence-electron chi connectivity index (χ0n) is 29.8. The summed E-state index contributed by atoms with van der Waals surface area (Å²) in [5.74, 6) is 0.662. The van der Waals surface area contributed by atoms with Gasteiger partial charge < -0.3 is 0 Å². The molecule has 0 fully saturated rings. The molecule has 3 heterocycles. The van der Waals surface area contributed by atoms with E-state index in [9.17, 15) is 0 Å². The molecular weight excluding hydrogens is 669 g/mol. The van der Waals surface area contributed by atoms with Crippen LogP contribution in [-0.4, -0.2) is 19.9 Å². The van der Waals surface area contributed by atoms with Gasteiger partial charge in [0.2, 0.25) is 0 Å². The molecule has 55 heavy (non-hydrogen) atoms. The van der Waals surface area contributed by atoms with Crippen molar-refractivity contribution in [3.05, 3.63) is 217 Å². The highest BCUT2D eigenvalue weighted by Gasteiger charge is 2.49. The van der Waals surface area contributed by atoms with E-state index in [0.717, 1.165) is 39.2 Å². The Labute approximate surface area is 319 Å². The maximum absolute atomic E-state index is 5.32. The van der Waals surface area contributed by atoms with Crippen molar-refractivity contribution in [3.63, 3.8) is 0 Å². The number of fused-ring (bicyclic) bond motifs is 12. The molecule has 2 aliphatic rings. The molecule has 4 nitrogen and oxygen atoms in total. The second-order valence-electron chi connectivity index (χ2n) is 14.2. The summed E-state index contributed by atoms with van der Waals surface area (Å²) in [6.07, 6.45) is 7.30. The molecule has 1 spiro atoms. The van der Waals surface area contributed by atoms with E-state index in [4.69, 9.17) is 9.97 Å². The molecule has 6 aromatic carbocycles. The Balaban J connectivity index is 1.18. The molecule has 0 aliphatic heterocycles. The molecule has 0 bridgehead atoms. The van der Waals surface area contributed by atoms with Gasteiger partial charge in [0.25, 0.3) is 0 Å². The highest BCUT2D eigenvalue weighted by atomic mass is 14.9. The van der Waals surface area contributed by atoms with Crippen LogP contribution in [0.2, 0.25) is 0 Å². The van der Waals surface area contributed by atoms with Crippen molar-refractivity contribution in [1.29, 1.82) is 0 Å². The van der Waals surface area contributed by atoms with Crippen LogP contribution in [0.1, 0.15) is 22.3 Å². The number of pyridine rings is 2. The molecule has 256 valence electrons. The summed E-state index contributed by atoms with van der Waals surface area (Å²) in [6, 6.07) is 61.4. The molecule has 2 aliphatic carbocycles. The standard InChI is InChI=1S/C51H32N4/c1-2-12-39-38(11-1)40-13-3-6-16-44(40)51(45-17-7-4-14-41(45)42-15-5-8-18-46(42)51)47-30-36(23-24-43(39)47)48-31-49(37-10-9-27-53-32-37)55-50(54-48)35-21-19-33(20-22-35)34-25-28-52-29-26-34/h1-32H. The summed E-state index contributed by atoms with van der Waals surface area (Å²) < 4.78 is 0. The highest BCUT2D eigenvalue weighted by molar-refractivity contribution is 5.98. The first-order valence-electron chi connectivity index (χ1n) is 18.6. The van der Waals surface area contributed by atoms with Crippen LogP contribution in [0.4, 0.5) is 0 Å². The summed E-state index contributed by atoms with van der Waals surface area (Å²) in [5.41, 5.74) is 18.8. The van der Waals surface area contributed by atoms with Crippen LogP contribution >= 0.6 is 0 Å². The Hall–Kier alpha value is -7.30. The van der Waals surface area contributed by atoms with Crippen LogP contribution < -0.4 is 0 Å². The number of nitrogens with zero attached hydrogens (tertiary/aromatic N) is 4. The summed E-state index contributed by atoms with van der Waals surface area (Å²) in [7, 11) is 0. The Kier molecular flexibility index (Phi) is 7.04. The number of hydrogen-bond acceptors (Lipinski definition) is 4. The number of rotatable bonds is 4. The first-order valence-corrected chi connectivity index (χ1v) is 18.6. The predicted octanol–water partition coefficient (Wildman–Crippen LogP) is 11.9. The normalized spacial score (nSPS) is 12.9. The second kappa shape index (κ2) is 12.4. The smallest absolute Gasteiger partial charge is 0.160 e. The van der Waals surface area contributed by atoms with Crippen LogP contribution in [-0.2, 0) is 5.41 Å². The van der Waals surface area contributed by atoms with E-state index in [1.54, 1.807) is 6.20 Å². The summed E-state index contributed by atoms with van der Waals surface area (Å²) >= 11 is 0. The molecular formula is C51H32N4. The maximum Gasteiger partial charge on any atom is 0.160 e. The van der Waals surface area contributed by atoms with Gasteiger partial charge >= 0.3 is 0 Å². The minimum Gasteiger partial charge on any atom is -0.265 e. The summed E-state index contributed by atoms with van der Waals surface area (Å²) in [6.45, 7) is 0. The molecule has 0 unspecified atom stereocenters. The van der Waals surface area contributed by atoms with Gasteiger partial charge in [-0.05, 0) is 103 Å². The lowest BCUT2D eigenvalue weighted by Crippen LogP contribution is -2.29. The minimum atomic E-state index is -0.570. The monoisotopic (exact) mass is 700 g/mol. The average molecular weight is 701 g/mol. The van der Waals surface area contributed by atoms with Gasteiger partial charge in [-0.2, -0.15) is 0 Å².